The number of allylic oxidation sites excluding steroid dienone is 3. The van der Waals surface area contributed by atoms with Crippen molar-refractivity contribution in [2.24, 2.45) is 0 Å². The summed E-state index contributed by atoms with van der Waals surface area (Å²) in [7, 11) is 0. The number of nitrogens with zero attached hydrogens (tertiary/aromatic N) is 1. The van der Waals surface area contributed by atoms with Crippen LogP contribution in [0.4, 0.5) is 0 Å². The summed E-state index contributed by atoms with van der Waals surface area (Å²) in [5.74, 6) is -0.782. The van der Waals surface area contributed by atoms with E-state index in [2.05, 4.69) is 0 Å². The maximum atomic E-state index is 10.4. The fourth-order valence-corrected chi connectivity index (χ4v) is 1.23. The predicted molar refractivity (Wildman–Crippen MR) is 54.0 cm³/mol. The summed E-state index contributed by atoms with van der Waals surface area (Å²) in [6.07, 6.45) is 4.02. The van der Waals surface area contributed by atoms with E-state index in [1.807, 2.05) is 30.9 Å². The fourth-order valence-electron chi connectivity index (χ4n) is 1.23. The Hall–Kier alpha value is -0.960. The first-order valence-electron chi connectivity index (χ1n) is 3.91. The minimum atomic E-state index is -0.782. The van der Waals surface area contributed by atoms with Gasteiger partial charge in [-0.1, -0.05) is 11.6 Å². The molecular formula is C9H14ClNO2. The highest BCUT2D eigenvalue weighted by atomic mass is 35.5. The van der Waals surface area contributed by atoms with E-state index in [9.17, 15) is 4.79 Å². The molecule has 74 valence electrons. The molecule has 3 nitrogen and oxygen atoms in total. The van der Waals surface area contributed by atoms with Crippen LogP contribution in [0.5, 0.6) is 0 Å². The van der Waals surface area contributed by atoms with Gasteiger partial charge >= 0.3 is 5.97 Å². The van der Waals surface area contributed by atoms with E-state index in [0.29, 0.717) is 6.54 Å². The van der Waals surface area contributed by atoms with Crippen LogP contribution in [0, 0.1) is 0 Å². The van der Waals surface area contributed by atoms with Crippen LogP contribution in [-0.2, 0) is 4.79 Å². The van der Waals surface area contributed by atoms with Gasteiger partial charge in [-0.15, -0.1) is 12.4 Å². The van der Waals surface area contributed by atoms with Crippen molar-refractivity contribution in [2.75, 3.05) is 13.1 Å². The van der Waals surface area contributed by atoms with Gasteiger partial charge in [-0.25, -0.2) is 0 Å². The first-order chi connectivity index (χ1) is 5.59. The zero-order valence-corrected chi connectivity index (χ0v) is 8.60. The number of rotatable bonds is 2. The zero-order valence-electron chi connectivity index (χ0n) is 7.78. The smallest absolute Gasteiger partial charge is 0.323 e. The molecule has 0 fully saturated rings. The summed E-state index contributed by atoms with van der Waals surface area (Å²) >= 11 is 0. The highest BCUT2D eigenvalue weighted by molar-refractivity contribution is 5.85. The predicted octanol–water partition coefficient (Wildman–Crippen LogP) is 1.66. The van der Waals surface area contributed by atoms with Crippen LogP contribution in [0.25, 0.3) is 0 Å². The number of carbonyl (C=O) groups is 1. The monoisotopic (exact) mass is 203 g/mol. The molecule has 0 radical (unpaired) electrons. The Labute approximate surface area is 84.1 Å². The van der Waals surface area contributed by atoms with Crippen molar-refractivity contribution in [3.05, 3.63) is 23.4 Å². The van der Waals surface area contributed by atoms with Gasteiger partial charge < -0.3 is 10.0 Å². The summed E-state index contributed by atoms with van der Waals surface area (Å²) in [6, 6.07) is 0. The molecule has 13 heavy (non-hydrogen) atoms. The molecule has 0 unspecified atom stereocenters. The number of carboxylic acids is 1. The van der Waals surface area contributed by atoms with E-state index in [1.54, 1.807) is 0 Å². The minimum absolute atomic E-state index is 0. The first kappa shape index (κ1) is 12.0. The Kier molecular flexibility index (Phi) is 4.56. The third-order valence-electron chi connectivity index (χ3n) is 1.90. The number of carboxylic acid groups (broad SMARTS) is 1. The summed E-state index contributed by atoms with van der Waals surface area (Å²) in [6.45, 7) is 4.74. The van der Waals surface area contributed by atoms with Crippen LogP contribution in [0.2, 0.25) is 0 Å². The summed E-state index contributed by atoms with van der Waals surface area (Å²) in [5.41, 5.74) is 2.23. The largest absolute Gasteiger partial charge is 0.480 e. The lowest BCUT2D eigenvalue weighted by Crippen LogP contribution is -2.30. The topological polar surface area (TPSA) is 40.5 Å². The van der Waals surface area contributed by atoms with Crippen molar-refractivity contribution in [2.45, 2.75) is 13.8 Å². The van der Waals surface area contributed by atoms with Crippen LogP contribution >= 0.6 is 12.4 Å². The molecule has 1 aliphatic rings. The van der Waals surface area contributed by atoms with Crippen LogP contribution in [0.3, 0.4) is 0 Å². The van der Waals surface area contributed by atoms with Gasteiger partial charge in [0.1, 0.15) is 6.54 Å². The van der Waals surface area contributed by atoms with Gasteiger partial charge in [0.15, 0.2) is 0 Å². The van der Waals surface area contributed by atoms with E-state index >= 15 is 0 Å². The Bertz CT molecular complexity index is 258. The Morgan fingerprint density at radius 1 is 1.62 bits per heavy atom. The Morgan fingerprint density at radius 3 is 2.69 bits per heavy atom. The molecule has 4 heteroatoms. The molecular weight excluding hydrogens is 190 g/mol. The minimum Gasteiger partial charge on any atom is -0.480 e. The van der Waals surface area contributed by atoms with Gasteiger partial charge in [-0.2, -0.15) is 0 Å². The fraction of sp³-hybridized carbons (Fsp3) is 0.444. The molecule has 0 aromatic heterocycles. The molecule has 1 aliphatic heterocycles. The molecule has 0 aromatic carbocycles. The lowest BCUT2D eigenvalue weighted by molar-refractivity contribution is -0.137. The van der Waals surface area contributed by atoms with Gasteiger partial charge in [-0.05, 0) is 19.9 Å². The molecule has 0 aromatic rings. The maximum absolute atomic E-state index is 10.4. The van der Waals surface area contributed by atoms with Crippen molar-refractivity contribution in [1.82, 2.24) is 4.90 Å². The van der Waals surface area contributed by atoms with Crippen LogP contribution in [0.15, 0.2) is 23.4 Å². The van der Waals surface area contributed by atoms with Gasteiger partial charge in [0.2, 0.25) is 0 Å². The number of halogens is 1. The Balaban J connectivity index is 0.00000144. The molecule has 0 aliphatic carbocycles. The van der Waals surface area contributed by atoms with E-state index in [1.165, 1.54) is 5.57 Å². The molecule has 0 spiro atoms. The average molecular weight is 204 g/mol. The molecule has 0 amide bonds. The molecule has 0 saturated carbocycles. The molecule has 1 N–H and O–H groups in total. The van der Waals surface area contributed by atoms with Crippen LogP contribution in [-0.4, -0.2) is 29.1 Å². The summed E-state index contributed by atoms with van der Waals surface area (Å²) in [4.78, 5) is 12.2. The molecule has 0 bridgehead atoms. The van der Waals surface area contributed by atoms with E-state index in [4.69, 9.17) is 5.11 Å². The maximum Gasteiger partial charge on any atom is 0.323 e. The van der Waals surface area contributed by atoms with Gasteiger partial charge in [0.05, 0.1) is 0 Å². The average Bonchev–Trinajstić information content (AvgIpc) is 1.94. The third kappa shape index (κ3) is 3.51. The van der Waals surface area contributed by atoms with E-state index in [0.717, 1.165) is 5.70 Å². The highest BCUT2D eigenvalue weighted by Crippen LogP contribution is 2.12. The lowest BCUT2D eigenvalue weighted by Gasteiger charge is -2.25. The zero-order chi connectivity index (χ0) is 9.14. The highest BCUT2D eigenvalue weighted by Gasteiger charge is 2.11. The quantitative estimate of drug-likeness (QED) is 0.742. The van der Waals surface area contributed by atoms with Crippen molar-refractivity contribution in [3.8, 4) is 0 Å². The summed E-state index contributed by atoms with van der Waals surface area (Å²) < 4.78 is 0. The lowest BCUT2D eigenvalue weighted by atomic mass is 10.1. The van der Waals surface area contributed by atoms with E-state index in [-0.39, 0.29) is 19.0 Å². The number of aliphatic carboxylic acids is 1. The van der Waals surface area contributed by atoms with Crippen molar-refractivity contribution >= 4 is 18.4 Å². The second-order valence-electron chi connectivity index (χ2n) is 3.01. The van der Waals surface area contributed by atoms with Crippen molar-refractivity contribution < 1.29 is 9.90 Å². The Morgan fingerprint density at radius 2 is 2.23 bits per heavy atom. The number of hydrogen-bond donors (Lipinski definition) is 1. The summed E-state index contributed by atoms with van der Waals surface area (Å²) in [5, 5.41) is 8.56. The molecule has 0 saturated heterocycles. The van der Waals surface area contributed by atoms with Gasteiger partial charge in [-0.3, -0.25) is 4.79 Å². The first-order valence-corrected chi connectivity index (χ1v) is 3.91. The van der Waals surface area contributed by atoms with E-state index < -0.39 is 5.97 Å². The molecule has 0 atom stereocenters. The normalized spacial score (nSPS) is 15.7. The second kappa shape index (κ2) is 4.92. The van der Waals surface area contributed by atoms with Gasteiger partial charge in [0, 0.05) is 12.2 Å². The van der Waals surface area contributed by atoms with Gasteiger partial charge in [0.25, 0.3) is 0 Å². The van der Waals surface area contributed by atoms with Crippen molar-refractivity contribution in [1.29, 1.82) is 0 Å². The molecule has 1 rings (SSSR count). The van der Waals surface area contributed by atoms with Crippen molar-refractivity contribution in [3.63, 3.8) is 0 Å². The second-order valence-corrected chi connectivity index (χ2v) is 3.01. The van der Waals surface area contributed by atoms with Crippen LogP contribution < -0.4 is 0 Å². The third-order valence-corrected chi connectivity index (χ3v) is 1.90. The molecule has 1 heterocycles. The number of hydrogen-bond acceptors (Lipinski definition) is 2. The standard InChI is InChI=1S/C9H13NO2.ClH/c1-7-3-4-10(6-9(11)12)8(2)5-7;/h3,5H,4,6H2,1-2H3,(H,11,12);1H. The van der Waals surface area contributed by atoms with Crippen LogP contribution in [0.1, 0.15) is 13.8 Å². The SMILES string of the molecule is CC1=CCN(CC(=O)O)C(C)=C1.Cl.